The van der Waals surface area contributed by atoms with Gasteiger partial charge in [-0.05, 0) is 42.3 Å². The minimum absolute atomic E-state index is 0.257. The molecule has 18 heavy (non-hydrogen) atoms. The average molecular weight is 348 g/mol. The molecule has 0 N–H and O–H groups in total. The van der Waals surface area contributed by atoms with E-state index in [-0.39, 0.29) is 10.6 Å². The fraction of sp³-hybridized carbons (Fsp3) is 0.143. The van der Waals surface area contributed by atoms with Crippen LogP contribution >= 0.6 is 39.1 Å². The van der Waals surface area contributed by atoms with Crippen molar-refractivity contribution in [2.45, 2.75) is 11.8 Å². The van der Waals surface area contributed by atoms with Crippen LogP contribution in [0.4, 0.5) is 4.39 Å². The predicted molar refractivity (Wildman–Crippen MR) is 78.4 cm³/mol. The highest BCUT2D eigenvalue weighted by Gasteiger charge is 2.17. The lowest BCUT2D eigenvalue weighted by molar-refractivity contribution is 0.612. The van der Waals surface area contributed by atoms with Gasteiger partial charge in [-0.15, -0.1) is 0 Å². The van der Waals surface area contributed by atoms with Crippen LogP contribution in [0.2, 0.25) is 10.0 Å². The third-order valence-electron chi connectivity index (χ3n) is 2.66. The number of hydrogen-bond donors (Lipinski definition) is 0. The van der Waals surface area contributed by atoms with Crippen molar-refractivity contribution in [1.82, 2.24) is 0 Å². The molecule has 2 aromatic rings. The Morgan fingerprint density at radius 2 is 1.78 bits per heavy atom. The van der Waals surface area contributed by atoms with Gasteiger partial charge in [0.05, 0.1) is 4.83 Å². The molecule has 1 atom stereocenters. The molecular weight excluding hydrogens is 338 g/mol. The van der Waals surface area contributed by atoms with E-state index in [4.69, 9.17) is 23.2 Å². The van der Waals surface area contributed by atoms with E-state index in [1.807, 2.05) is 13.0 Å². The smallest absolute Gasteiger partial charge is 0.128 e. The Morgan fingerprint density at radius 1 is 1.06 bits per heavy atom. The molecule has 2 rings (SSSR count). The van der Waals surface area contributed by atoms with Gasteiger partial charge in [0.1, 0.15) is 5.82 Å². The first-order valence-corrected chi connectivity index (χ1v) is 7.01. The molecule has 0 aliphatic heterocycles. The summed E-state index contributed by atoms with van der Waals surface area (Å²) in [6.45, 7) is 1.85. The summed E-state index contributed by atoms with van der Waals surface area (Å²) >= 11 is 15.5. The first kappa shape index (κ1) is 13.9. The molecule has 0 amide bonds. The maximum atomic E-state index is 13.9. The average Bonchev–Trinajstić information content (AvgIpc) is 2.31. The lowest BCUT2D eigenvalue weighted by atomic mass is 10.0. The first-order valence-electron chi connectivity index (χ1n) is 5.34. The Kier molecular flexibility index (Phi) is 4.31. The Labute approximate surface area is 124 Å². The summed E-state index contributed by atoms with van der Waals surface area (Å²) in [5.41, 5.74) is 2.19. The molecule has 0 aliphatic carbocycles. The summed E-state index contributed by atoms with van der Waals surface area (Å²) in [4.78, 5) is -0.315. The number of rotatable bonds is 2. The third-order valence-corrected chi connectivity index (χ3v) is 4.23. The first-order chi connectivity index (χ1) is 8.49. The number of alkyl halides is 1. The molecule has 0 fully saturated rings. The van der Waals surface area contributed by atoms with Gasteiger partial charge in [-0.2, -0.15) is 0 Å². The van der Waals surface area contributed by atoms with E-state index < -0.39 is 0 Å². The van der Waals surface area contributed by atoms with Crippen molar-refractivity contribution in [3.8, 4) is 0 Å². The molecule has 94 valence electrons. The third kappa shape index (κ3) is 2.87. The van der Waals surface area contributed by atoms with E-state index >= 15 is 0 Å². The Bertz CT molecular complexity index is 584. The van der Waals surface area contributed by atoms with Crippen molar-refractivity contribution in [1.29, 1.82) is 0 Å². The molecule has 2 aromatic carbocycles. The van der Waals surface area contributed by atoms with Gasteiger partial charge < -0.3 is 0 Å². The minimum atomic E-state index is -0.315. The highest BCUT2D eigenvalue weighted by Crippen LogP contribution is 2.37. The van der Waals surface area contributed by atoms with Crippen molar-refractivity contribution in [3.05, 3.63) is 69.0 Å². The lowest BCUT2D eigenvalue weighted by Gasteiger charge is -2.14. The van der Waals surface area contributed by atoms with Gasteiger partial charge in [0, 0.05) is 15.6 Å². The molecule has 4 heteroatoms. The molecule has 0 bridgehead atoms. The van der Waals surface area contributed by atoms with Gasteiger partial charge in [-0.1, -0.05) is 51.3 Å². The Hall–Kier alpha value is -0.570. The Balaban J connectivity index is 2.47. The van der Waals surface area contributed by atoms with Crippen LogP contribution in [-0.2, 0) is 0 Å². The van der Waals surface area contributed by atoms with Crippen molar-refractivity contribution in [2.24, 2.45) is 0 Å². The monoisotopic (exact) mass is 346 g/mol. The fourth-order valence-electron chi connectivity index (χ4n) is 1.71. The van der Waals surface area contributed by atoms with Gasteiger partial charge in [0.15, 0.2) is 0 Å². The van der Waals surface area contributed by atoms with E-state index in [2.05, 4.69) is 15.9 Å². The van der Waals surface area contributed by atoms with Gasteiger partial charge >= 0.3 is 0 Å². The summed E-state index contributed by atoms with van der Waals surface area (Å²) < 4.78 is 13.9. The van der Waals surface area contributed by atoms with Crippen LogP contribution < -0.4 is 0 Å². The van der Waals surface area contributed by atoms with E-state index in [0.717, 1.165) is 11.1 Å². The maximum absolute atomic E-state index is 13.9. The largest absolute Gasteiger partial charge is 0.207 e. The van der Waals surface area contributed by atoms with Crippen molar-refractivity contribution < 1.29 is 4.39 Å². The van der Waals surface area contributed by atoms with E-state index in [1.165, 1.54) is 6.07 Å². The van der Waals surface area contributed by atoms with Crippen LogP contribution in [-0.4, -0.2) is 0 Å². The quantitative estimate of drug-likeness (QED) is 0.591. The zero-order chi connectivity index (χ0) is 13.3. The van der Waals surface area contributed by atoms with Crippen molar-refractivity contribution in [3.63, 3.8) is 0 Å². The molecule has 0 saturated carbocycles. The molecule has 0 aliphatic rings. The SMILES string of the molecule is Cc1ccc(C(Br)c2cc(Cl)ccc2Cl)c(F)c1. The molecule has 0 spiro atoms. The number of hydrogen-bond acceptors (Lipinski definition) is 0. The summed E-state index contributed by atoms with van der Waals surface area (Å²) in [7, 11) is 0. The van der Waals surface area contributed by atoms with Gasteiger partial charge in [0.25, 0.3) is 0 Å². The zero-order valence-electron chi connectivity index (χ0n) is 9.55. The molecule has 0 aromatic heterocycles. The molecule has 0 saturated heterocycles. The van der Waals surface area contributed by atoms with Crippen LogP contribution in [0.3, 0.4) is 0 Å². The van der Waals surface area contributed by atoms with Crippen LogP contribution in [0.15, 0.2) is 36.4 Å². The van der Waals surface area contributed by atoms with E-state index in [9.17, 15) is 4.39 Å². The van der Waals surface area contributed by atoms with Crippen LogP contribution in [0, 0.1) is 12.7 Å². The molecule has 0 heterocycles. The van der Waals surface area contributed by atoms with Crippen LogP contribution in [0.25, 0.3) is 0 Å². The molecule has 0 nitrogen and oxygen atoms in total. The normalized spacial score (nSPS) is 12.5. The Morgan fingerprint density at radius 3 is 2.44 bits per heavy atom. The zero-order valence-corrected chi connectivity index (χ0v) is 12.7. The van der Waals surface area contributed by atoms with E-state index in [1.54, 1.807) is 24.3 Å². The summed E-state index contributed by atoms with van der Waals surface area (Å²) in [6.07, 6.45) is 0. The van der Waals surface area contributed by atoms with Gasteiger partial charge in [-0.3, -0.25) is 0 Å². The summed E-state index contributed by atoms with van der Waals surface area (Å²) in [5.74, 6) is -0.257. The van der Waals surface area contributed by atoms with Crippen LogP contribution in [0.1, 0.15) is 21.5 Å². The molecular formula is C14H10BrCl2F. The second-order valence-electron chi connectivity index (χ2n) is 4.05. The molecule has 0 radical (unpaired) electrons. The second kappa shape index (κ2) is 5.60. The minimum Gasteiger partial charge on any atom is -0.207 e. The lowest BCUT2D eigenvalue weighted by Crippen LogP contribution is -1.98. The summed E-state index contributed by atoms with van der Waals surface area (Å²) in [6, 6.07) is 10.3. The number of aryl methyl sites for hydroxylation is 1. The second-order valence-corrected chi connectivity index (χ2v) is 5.81. The van der Waals surface area contributed by atoms with Gasteiger partial charge in [0.2, 0.25) is 0 Å². The number of benzene rings is 2. The fourth-order valence-corrected chi connectivity index (χ4v) is 3.00. The van der Waals surface area contributed by atoms with Crippen LogP contribution in [0.5, 0.6) is 0 Å². The summed E-state index contributed by atoms with van der Waals surface area (Å²) in [5, 5.41) is 1.13. The molecule has 1 unspecified atom stereocenters. The highest BCUT2D eigenvalue weighted by atomic mass is 79.9. The predicted octanol–water partition coefficient (Wildman–Crippen LogP) is 5.93. The van der Waals surface area contributed by atoms with E-state index in [0.29, 0.717) is 15.6 Å². The highest BCUT2D eigenvalue weighted by molar-refractivity contribution is 9.09. The van der Waals surface area contributed by atoms with Gasteiger partial charge in [-0.25, -0.2) is 4.39 Å². The standard InChI is InChI=1S/C14H10BrCl2F/c1-8-2-4-10(13(18)6-8)14(15)11-7-9(16)3-5-12(11)17/h2-7,14H,1H3. The topological polar surface area (TPSA) is 0 Å². The number of halogens is 4. The van der Waals surface area contributed by atoms with Crippen molar-refractivity contribution in [2.75, 3.05) is 0 Å². The maximum Gasteiger partial charge on any atom is 0.128 e. The van der Waals surface area contributed by atoms with Crippen molar-refractivity contribution >= 4 is 39.1 Å².